The Morgan fingerprint density at radius 2 is 1.59 bits per heavy atom. The highest BCUT2D eigenvalue weighted by Gasteiger charge is 2.28. The zero-order valence-electron chi connectivity index (χ0n) is 15.7. The fourth-order valence-electron chi connectivity index (χ4n) is 2.12. The average molecular weight is 413 g/mol. The van der Waals surface area contributed by atoms with Crippen LogP contribution in [0, 0.1) is 0 Å². The van der Waals surface area contributed by atoms with Crippen molar-refractivity contribution in [2.24, 2.45) is 0 Å². The predicted octanol–water partition coefficient (Wildman–Crippen LogP) is 1.18. The molecule has 0 aromatic carbocycles. The van der Waals surface area contributed by atoms with Crippen molar-refractivity contribution in [3.63, 3.8) is 0 Å². The van der Waals surface area contributed by atoms with E-state index in [9.17, 15) is 19.0 Å². The summed E-state index contributed by atoms with van der Waals surface area (Å²) in [6.07, 6.45) is 5.94. The van der Waals surface area contributed by atoms with Gasteiger partial charge in [0.25, 0.3) is 0 Å². The number of hydrogen-bond acceptors (Lipinski definition) is 7. The van der Waals surface area contributed by atoms with Crippen molar-refractivity contribution in [3.8, 4) is 0 Å². The largest absolute Gasteiger partial charge is 0.480 e. The zero-order valence-corrected chi connectivity index (χ0v) is 16.6. The number of hydrogen-bond donors (Lipinski definition) is 5. The van der Waals surface area contributed by atoms with Crippen LogP contribution in [0.5, 0.6) is 0 Å². The lowest BCUT2D eigenvalue weighted by molar-refractivity contribution is -0.142. The smallest absolute Gasteiger partial charge is 0.472 e. The van der Waals surface area contributed by atoms with E-state index in [1.54, 1.807) is 0 Å². The highest BCUT2D eigenvalue weighted by molar-refractivity contribution is 7.47. The van der Waals surface area contributed by atoms with Crippen LogP contribution < -0.4 is 5.32 Å². The molecule has 0 aliphatic heterocycles. The summed E-state index contributed by atoms with van der Waals surface area (Å²) >= 11 is 0. The number of unbranched alkanes of at least 4 members (excludes halogenated alkanes) is 6. The molecule has 3 atom stereocenters. The molecule has 5 N–H and O–H groups in total. The van der Waals surface area contributed by atoms with Gasteiger partial charge in [-0.05, 0) is 6.42 Å². The lowest BCUT2D eigenvalue weighted by Crippen LogP contribution is -2.43. The van der Waals surface area contributed by atoms with Crippen LogP contribution in [0.3, 0.4) is 0 Å². The Labute approximate surface area is 159 Å². The van der Waals surface area contributed by atoms with E-state index in [4.69, 9.17) is 15.3 Å². The summed E-state index contributed by atoms with van der Waals surface area (Å²) in [5, 5.41) is 29.0. The van der Waals surface area contributed by atoms with Gasteiger partial charge in [-0.2, -0.15) is 0 Å². The molecular formula is C16H32NO9P. The zero-order chi connectivity index (χ0) is 20.7. The number of rotatable bonds is 17. The molecule has 27 heavy (non-hydrogen) atoms. The highest BCUT2D eigenvalue weighted by Crippen LogP contribution is 2.43. The van der Waals surface area contributed by atoms with Gasteiger partial charge in [-0.1, -0.05) is 45.4 Å². The molecular weight excluding hydrogens is 381 g/mol. The number of aliphatic hydroxyl groups excluding tert-OH is 2. The van der Waals surface area contributed by atoms with Crippen LogP contribution in [0.1, 0.15) is 58.3 Å². The first-order valence-corrected chi connectivity index (χ1v) is 10.6. The highest BCUT2D eigenvalue weighted by atomic mass is 31.2. The van der Waals surface area contributed by atoms with Crippen molar-refractivity contribution in [1.82, 2.24) is 5.32 Å². The number of carbonyl (C=O) groups excluding carboxylic acids is 1. The number of phosphoric acid groups is 1. The van der Waals surface area contributed by atoms with Gasteiger partial charge >= 0.3 is 13.8 Å². The minimum atomic E-state index is -4.62. The van der Waals surface area contributed by atoms with Gasteiger partial charge < -0.3 is 25.5 Å². The van der Waals surface area contributed by atoms with E-state index in [2.05, 4.69) is 21.3 Å². The molecule has 1 amide bonds. The van der Waals surface area contributed by atoms with Gasteiger partial charge in [0.05, 0.1) is 19.8 Å². The summed E-state index contributed by atoms with van der Waals surface area (Å²) < 4.78 is 20.5. The molecule has 0 heterocycles. The molecule has 0 aromatic rings. The van der Waals surface area contributed by atoms with Gasteiger partial charge in [0.1, 0.15) is 6.10 Å². The maximum atomic E-state index is 11.8. The van der Waals surface area contributed by atoms with Crippen molar-refractivity contribution in [2.45, 2.75) is 70.4 Å². The van der Waals surface area contributed by atoms with Gasteiger partial charge in [0.2, 0.25) is 5.91 Å². The lowest BCUT2D eigenvalue weighted by Gasteiger charge is -2.18. The summed E-state index contributed by atoms with van der Waals surface area (Å²) in [4.78, 5) is 32.4. The Morgan fingerprint density at radius 3 is 2.15 bits per heavy atom. The minimum absolute atomic E-state index is 0.160. The summed E-state index contributed by atoms with van der Waals surface area (Å²) in [7, 11) is -4.62. The van der Waals surface area contributed by atoms with Gasteiger partial charge in [0.15, 0.2) is 6.04 Å². The molecule has 0 aliphatic rings. The first-order chi connectivity index (χ1) is 12.7. The van der Waals surface area contributed by atoms with Gasteiger partial charge in [-0.15, -0.1) is 0 Å². The fraction of sp³-hybridized carbons (Fsp3) is 0.875. The average Bonchev–Trinajstić information content (AvgIpc) is 2.62. The molecule has 0 saturated heterocycles. The molecule has 1 unspecified atom stereocenters. The quantitative estimate of drug-likeness (QED) is 0.174. The first kappa shape index (κ1) is 26.0. The number of carboxylic acid groups (broad SMARTS) is 1. The number of carbonyl (C=O) groups is 2. The first-order valence-electron chi connectivity index (χ1n) is 9.14. The monoisotopic (exact) mass is 413 g/mol. The number of carboxylic acids is 1. The Balaban J connectivity index is 4.16. The van der Waals surface area contributed by atoms with E-state index in [1.165, 1.54) is 12.8 Å². The molecule has 11 heteroatoms. The van der Waals surface area contributed by atoms with Gasteiger partial charge in [0, 0.05) is 6.42 Å². The van der Waals surface area contributed by atoms with Crippen LogP contribution in [0.15, 0.2) is 0 Å². The van der Waals surface area contributed by atoms with Crippen molar-refractivity contribution in [3.05, 3.63) is 0 Å². The summed E-state index contributed by atoms with van der Waals surface area (Å²) in [5.74, 6) is -1.90. The predicted molar refractivity (Wildman–Crippen MR) is 97.0 cm³/mol. The molecule has 0 spiro atoms. The van der Waals surface area contributed by atoms with Crippen LogP contribution >= 0.6 is 7.82 Å². The van der Waals surface area contributed by atoms with E-state index in [0.29, 0.717) is 6.42 Å². The second kappa shape index (κ2) is 15.0. The normalized spacial score (nSPS) is 15.7. The Hall–Kier alpha value is -1.03. The number of aliphatic carboxylic acids is 1. The molecule has 0 rings (SSSR count). The molecule has 0 fully saturated rings. The third kappa shape index (κ3) is 14.7. The number of amides is 1. The molecule has 0 saturated carbocycles. The van der Waals surface area contributed by atoms with Crippen molar-refractivity contribution in [2.75, 3.05) is 19.8 Å². The van der Waals surface area contributed by atoms with E-state index in [1.807, 2.05) is 0 Å². The maximum Gasteiger partial charge on any atom is 0.472 e. The second-order valence-electron chi connectivity index (χ2n) is 6.23. The lowest BCUT2D eigenvalue weighted by atomic mass is 10.1. The van der Waals surface area contributed by atoms with E-state index < -0.39 is 51.7 Å². The van der Waals surface area contributed by atoms with Gasteiger partial charge in [-0.25, -0.2) is 9.36 Å². The SMILES string of the molecule is CCCCCCCCCC(=O)N[C@@H](COP(=O)(O)OC[C@H](O)CO)C(=O)O. The van der Waals surface area contributed by atoms with Gasteiger partial charge in [-0.3, -0.25) is 13.8 Å². The van der Waals surface area contributed by atoms with Crippen LogP contribution in [-0.2, 0) is 23.2 Å². The summed E-state index contributed by atoms with van der Waals surface area (Å²) in [6.45, 7) is 0.0212. The fourth-order valence-corrected chi connectivity index (χ4v) is 2.90. The van der Waals surface area contributed by atoms with Crippen molar-refractivity contribution < 1.29 is 43.4 Å². The maximum absolute atomic E-state index is 11.8. The standard InChI is InChI=1S/C16H32NO9P/c1-2-3-4-5-6-7-8-9-15(20)17-14(16(21)22)12-26-27(23,24)25-11-13(19)10-18/h13-14,18-19H,2-12H2,1H3,(H,17,20)(H,21,22)(H,23,24)/t13-,14+/m1/s1. The van der Waals surface area contributed by atoms with Crippen LogP contribution in [0.4, 0.5) is 0 Å². The van der Waals surface area contributed by atoms with Crippen molar-refractivity contribution in [1.29, 1.82) is 0 Å². The topological polar surface area (TPSA) is 163 Å². The Kier molecular flexibility index (Phi) is 14.4. The summed E-state index contributed by atoms with van der Waals surface area (Å²) in [5.41, 5.74) is 0. The Bertz CT molecular complexity index is 475. The van der Waals surface area contributed by atoms with E-state index in [-0.39, 0.29) is 6.42 Å². The van der Waals surface area contributed by atoms with Crippen LogP contribution in [0.2, 0.25) is 0 Å². The molecule has 160 valence electrons. The number of aliphatic hydroxyl groups is 2. The van der Waals surface area contributed by atoms with Crippen LogP contribution in [0.25, 0.3) is 0 Å². The third-order valence-corrected chi connectivity index (χ3v) is 4.64. The number of phosphoric ester groups is 1. The summed E-state index contributed by atoms with van der Waals surface area (Å²) in [6, 6.07) is -1.51. The minimum Gasteiger partial charge on any atom is -0.480 e. The van der Waals surface area contributed by atoms with E-state index in [0.717, 1.165) is 25.7 Å². The molecule has 0 aromatic heterocycles. The molecule has 10 nitrogen and oxygen atoms in total. The molecule has 0 aliphatic carbocycles. The molecule has 0 bridgehead atoms. The molecule has 0 radical (unpaired) electrons. The Morgan fingerprint density at radius 1 is 1.04 bits per heavy atom. The second-order valence-corrected chi connectivity index (χ2v) is 7.68. The number of nitrogens with one attached hydrogen (secondary N) is 1. The van der Waals surface area contributed by atoms with E-state index >= 15 is 0 Å². The van der Waals surface area contributed by atoms with Crippen LogP contribution in [-0.4, -0.2) is 64.1 Å². The van der Waals surface area contributed by atoms with Crippen molar-refractivity contribution >= 4 is 19.7 Å². The third-order valence-electron chi connectivity index (χ3n) is 3.69.